The third-order valence-corrected chi connectivity index (χ3v) is 4.78. The van der Waals surface area contributed by atoms with E-state index in [1.807, 2.05) is 25.1 Å². The van der Waals surface area contributed by atoms with E-state index < -0.39 is 0 Å². The van der Waals surface area contributed by atoms with E-state index in [1.54, 1.807) is 38.4 Å². The van der Waals surface area contributed by atoms with Gasteiger partial charge in [0, 0.05) is 42.6 Å². The van der Waals surface area contributed by atoms with Crippen molar-refractivity contribution in [3.8, 4) is 0 Å². The van der Waals surface area contributed by atoms with Gasteiger partial charge in [0.1, 0.15) is 0 Å². The second kappa shape index (κ2) is 8.77. The molecule has 0 heterocycles. The molecule has 7 heteroatoms. The Labute approximate surface area is 170 Å². The number of amides is 3. The zero-order chi connectivity index (χ0) is 21.0. The van der Waals surface area contributed by atoms with Crippen LogP contribution in [-0.2, 0) is 9.59 Å². The minimum atomic E-state index is -0.230. The summed E-state index contributed by atoms with van der Waals surface area (Å²) in [5.74, 6) is -0.173. The molecule has 0 aromatic heterocycles. The largest absolute Gasteiger partial charge is 0.376 e. The third-order valence-electron chi connectivity index (χ3n) is 4.78. The molecule has 0 aliphatic heterocycles. The average Bonchev–Trinajstić information content (AvgIpc) is 3.53. The molecule has 152 valence electrons. The number of rotatable bonds is 7. The third kappa shape index (κ3) is 5.34. The molecule has 3 rings (SSSR count). The highest BCUT2D eigenvalue weighted by Gasteiger charge is 2.29. The van der Waals surface area contributed by atoms with E-state index in [-0.39, 0.29) is 30.2 Å². The van der Waals surface area contributed by atoms with Gasteiger partial charge in [0.25, 0.3) is 5.91 Å². The van der Waals surface area contributed by atoms with E-state index in [1.165, 1.54) is 4.90 Å². The highest BCUT2D eigenvalue weighted by Crippen LogP contribution is 2.31. The van der Waals surface area contributed by atoms with Gasteiger partial charge in [0.2, 0.25) is 11.8 Å². The van der Waals surface area contributed by atoms with Gasteiger partial charge in [-0.25, -0.2) is 0 Å². The van der Waals surface area contributed by atoms with E-state index in [4.69, 9.17) is 0 Å². The van der Waals surface area contributed by atoms with E-state index in [2.05, 4.69) is 16.0 Å². The predicted octanol–water partition coefficient (Wildman–Crippen LogP) is 3.10. The maximum atomic E-state index is 12.3. The van der Waals surface area contributed by atoms with Crippen molar-refractivity contribution in [2.24, 2.45) is 5.92 Å². The molecule has 1 aliphatic rings. The van der Waals surface area contributed by atoms with E-state index >= 15 is 0 Å². The molecule has 29 heavy (non-hydrogen) atoms. The van der Waals surface area contributed by atoms with Crippen LogP contribution in [0, 0.1) is 12.8 Å². The van der Waals surface area contributed by atoms with Gasteiger partial charge in [-0.3, -0.25) is 14.4 Å². The lowest BCUT2D eigenvalue weighted by Gasteiger charge is -2.14. The van der Waals surface area contributed by atoms with Crippen LogP contribution in [0.15, 0.2) is 42.5 Å². The van der Waals surface area contributed by atoms with E-state index in [0.717, 1.165) is 29.8 Å². The van der Waals surface area contributed by atoms with Crippen molar-refractivity contribution in [1.29, 1.82) is 0 Å². The topological polar surface area (TPSA) is 90.5 Å². The van der Waals surface area contributed by atoms with E-state index in [9.17, 15) is 14.4 Å². The van der Waals surface area contributed by atoms with Gasteiger partial charge in [-0.1, -0.05) is 12.1 Å². The summed E-state index contributed by atoms with van der Waals surface area (Å²) in [6.07, 6.45) is 1.90. The summed E-state index contributed by atoms with van der Waals surface area (Å²) in [6.45, 7) is 1.96. The average molecular weight is 394 g/mol. The Morgan fingerprint density at radius 3 is 2.38 bits per heavy atom. The van der Waals surface area contributed by atoms with Crippen LogP contribution in [-0.4, -0.2) is 43.3 Å². The van der Waals surface area contributed by atoms with Crippen LogP contribution in [0.3, 0.4) is 0 Å². The first-order valence-electron chi connectivity index (χ1n) is 9.61. The summed E-state index contributed by atoms with van der Waals surface area (Å²) in [4.78, 5) is 37.9. The SMILES string of the molecule is Cc1c(NCC(=O)Nc2cccc(C(=O)N(C)C)c2)cccc1NC(=O)C1CC1. The number of carbonyl (C=O) groups excluding carboxylic acids is 3. The van der Waals surface area contributed by atoms with Gasteiger partial charge in [0.05, 0.1) is 6.54 Å². The lowest BCUT2D eigenvalue weighted by Crippen LogP contribution is -2.24. The number of benzene rings is 2. The highest BCUT2D eigenvalue weighted by molar-refractivity contribution is 5.98. The maximum absolute atomic E-state index is 12.3. The Balaban J connectivity index is 1.59. The minimum Gasteiger partial charge on any atom is -0.376 e. The zero-order valence-corrected chi connectivity index (χ0v) is 16.9. The fourth-order valence-corrected chi connectivity index (χ4v) is 2.91. The highest BCUT2D eigenvalue weighted by atomic mass is 16.2. The van der Waals surface area contributed by atoms with Crippen molar-refractivity contribution in [3.63, 3.8) is 0 Å². The van der Waals surface area contributed by atoms with Gasteiger partial charge in [-0.15, -0.1) is 0 Å². The summed E-state index contributed by atoms with van der Waals surface area (Å²) in [7, 11) is 3.36. The van der Waals surface area contributed by atoms with Crippen molar-refractivity contribution in [2.45, 2.75) is 19.8 Å². The molecule has 1 aliphatic carbocycles. The Hall–Kier alpha value is -3.35. The molecule has 7 nitrogen and oxygen atoms in total. The van der Waals surface area contributed by atoms with Gasteiger partial charge < -0.3 is 20.9 Å². The summed E-state index contributed by atoms with van der Waals surface area (Å²) in [5.41, 5.74) is 3.49. The van der Waals surface area contributed by atoms with Gasteiger partial charge >= 0.3 is 0 Å². The molecule has 3 N–H and O–H groups in total. The van der Waals surface area contributed by atoms with Gasteiger partial charge in [-0.2, -0.15) is 0 Å². The molecular weight excluding hydrogens is 368 g/mol. The molecule has 2 aromatic rings. The first kappa shape index (κ1) is 20.4. The molecule has 2 aromatic carbocycles. The van der Waals surface area contributed by atoms with Crippen LogP contribution in [0.4, 0.5) is 17.1 Å². The van der Waals surface area contributed by atoms with Crippen molar-refractivity contribution in [2.75, 3.05) is 36.6 Å². The van der Waals surface area contributed by atoms with Gasteiger partial charge in [0.15, 0.2) is 0 Å². The van der Waals surface area contributed by atoms with Crippen LogP contribution in [0.1, 0.15) is 28.8 Å². The molecule has 0 atom stereocenters. The Bertz CT molecular complexity index is 935. The van der Waals surface area contributed by atoms with Crippen LogP contribution in [0.2, 0.25) is 0 Å². The minimum absolute atomic E-state index is 0.0511. The van der Waals surface area contributed by atoms with Crippen molar-refractivity contribution < 1.29 is 14.4 Å². The van der Waals surface area contributed by atoms with Crippen LogP contribution < -0.4 is 16.0 Å². The zero-order valence-electron chi connectivity index (χ0n) is 16.9. The molecule has 1 saturated carbocycles. The normalized spacial score (nSPS) is 12.8. The standard InChI is InChI=1S/C22H26N4O3/c1-14-18(8-5-9-19(14)25-21(28)15-10-11-15)23-13-20(27)24-17-7-4-6-16(12-17)22(29)26(2)3/h4-9,12,15,23H,10-11,13H2,1-3H3,(H,24,27)(H,25,28). The lowest BCUT2D eigenvalue weighted by atomic mass is 10.1. The quantitative estimate of drug-likeness (QED) is 0.673. The number of hydrogen-bond acceptors (Lipinski definition) is 4. The summed E-state index contributed by atoms with van der Waals surface area (Å²) < 4.78 is 0. The smallest absolute Gasteiger partial charge is 0.253 e. The monoisotopic (exact) mass is 394 g/mol. The van der Waals surface area contributed by atoms with Crippen LogP contribution in [0.25, 0.3) is 0 Å². The van der Waals surface area contributed by atoms with E-state index in [0.29, 0.717) is 11.3 Å². The van der Waals surface area contributed by atoms with Crippen molar-refractivity contribution in [3.05, 3.63) is 53.6 Å². The maximum Gasteiger partial charge on any atom is 0.253 e. The second-order valence-electron chi connectivity index (χ2n) is 7.42. The van der Waals surface area contributed by atoms with Crippen LogP contribution in [0.5, 0.6) is 0 Å². The fourth-order valence-electron chi connectivity index (χ4n) is 2.91. The first-order valence-corrected chi connectivity index (χ1v) is 9.61. The summed E-state index contributed by atoms with van der Waals surface area (Å²) in [5, 5.41) is 8.85. The lowest BCUT2D eigenvalue weighted by molar-refractivity contribution is -0.117. The number of anilines is 3. The number of carbonyl (C=O) groups is 3. The van der Waals surface area contributed by atoms with Crippen LogP contribution >= 0.6 is 0 Å². The molecule has 3 amide bonds. The molecule has 0 radical (unpaired) electrons. The predicted molar refractivity (Wildman–Crippen MR) is 114 cm³/mol. The fraction of sp³-hybridized carbons (Fsp3) is 0.318. The molecule has 0 unspecified atom stereocenters. The molecule has 1 fully saturated rings. The first-order chi connectivity index (χ1) is 13.8. The Morgan fingerprint density at radius 1 is 1.00 bits per heavy atom. The second-order valence-corrected chi connectivity index (χ2v) is 7.42. The van der Waals surface area contributed by atoms with Gasteiger partial charge in [-0.05, 0) is 55.7 Å². The Kier molecular flexibility index (Phi) is 6.16. The molecule has 0 spiro atoms. The number of hydrogen-bond donors (Lipinski definition) is 3. The van der Waals surface area contributed by atoms with Crippen molar-refractivity contribution >= 4 is 34.8 Å². The molecule has 0 saturated heterocycles. The molecular formula is C22H26N4O3. The van der Waals surface area contributed by atoms with Crippen molar-refractivity contribution in [1.82, 2.24) is 4.90 Å². The number of nitrogens with zero attached hydrogens (tertiary/aromatic N) is 1. The molecule has 0 bridgehead atoms. The Morgan fingerprint density at radius 2 is 1.69 bits per heavy atom. The summed E-state index contributed by atoms with van der Waals surface area (Å²) >= 11 is 0. The number of nitrogens with one attached hydrogen (secondary N) is 3. The summed E-state index contributed by atoms with van der Waals surface area (Å²) in [6, 6.07) is 12.4.